The van der Waals surface area contributed by atoms with Crippen LogP contribution in [-0.4, -0.2) is 17.2 Å². The fourth-order valence-corrected chi connectivity index (χ4v) is 2.56. The van der Waals surface area contributed by atoms with Crippen LogP contribution in [0.5, 0.6) is 0 Å². The molecule has 0 saturated carbocycles. The van der Waals surface area contributed by atoms with E-state index in [9.17, 15) is 0 Å². The molecule has 0 amide bonds. The van der Waals surface area contributed by atoms with Crippen molar-refractivity contribution < 1.29 is 0 Å². The third-order valence-electron chi connectivity index (χ3n) is 2.79. The number of rotatable bonds is 3. The molecule has 0 radical (unpaired) electrons. The molecule has 0 aliphatic heterocycles. The molecule has 3 nitrogen and oxygen atoms in total. The number of nitrogens with zero attached hydrogens (tertiary/aromatic N) is 2. The number of benzene rings is 1. The van der Waals surface area contributed by atoms with E-state index in [1.165, 1.54) is 5.56 Å². The van der Waals surface area contributed by atoms with Crippen molar-refractivity contribution in [3.63, 3.8) is 0 Å². The molecule has 0 aliphatic carbocycles. The Morgan fingerprint density at radius 2 is 1.78 bits per heavy atom. The second-order valence-corrected chi connectivity index (χ2v) is 6.42. The molecule has 4 heteroatoms. The van der Waals surface area contributed by atoms with Gasteiger partial charge in [-0.1, -0.05) is 56.4 Å². The number of hydrogen-bond acceptors (Lipinski definition) is 4. The van der Waals surface area contributed by atoms with Crippen LogP contribution in [0.2, 0.25) is 0 Å². The van der Waals surface area contributed by atoms with Gasteiger partial charge in [0.2, 0.25) is 0 Å². The predicted molar refractivity (Wildman–Crippen MR) is 76.8 cm³/mol. The van der Waals surface area contributed by atoms with Crippen LogP contribution < -0.4 is 5.32 Å². The molecule has 0 bridgehead atoms. The van der Waals surface area contributed by atoms with Gasteiger partial charge in [-0.05, 0) is 18.0 Å². The summed E-state index contributed by atoms with van der Waals surface area (Å²) >= 11 is 1.64. The standard InChI is InChI=1S/C14H19N3S/c1-14(2,3)11-7-5-10(6-8-11)13-17-16-12(18-13)9-15-4/h5-8,15H,9H2,1-4H3. The van der Waals surface area contributed by atoms with Crippen LogP contribution in [0.4, 0.5) is 0 Å². The first-order valence-corrected chi connectivity index (χ1v) is 6.90. The van der Waals surface area contributed by atoms with Crippen molar-refractivity contribution in [3.8, 4) is 10.6 Å². The zero-order valence-corrected chi connectivity index (χ0v) is 12.1. The molecule has 18 heavy (non-hydrogen) atoms. The minimum Gasteiger partial charge on any atom is -0.313 e. The Morgan fingerprint density at radius 1 is 1.11 bits per heavy atom. The Labute approximate surface area is 112 Å². The molecular weight excluding hydrogens is 242 g/mol. The third-order valence-corrected chi connectivity index (χ3v) is 3.77. The van der Waals surface area contributed by atoms with Crippen LogP contribution in [0.15, 0.2) is 24.3 Å². The molecule has 1 aromatic heterocycles. The smallest absolute Gasteiger partial charge is 0.147 e. The van der Waals surface area contributed by atoms with E-state index in [-0.39, 0.29) is 5.41 Å². The van der Waals surface area contributed by atoms with Gasteiger partial charge in [-0.2, -0.15) is 0 Å². The maximum absolute atomic E-state index is 4.23. The normalized spacial score (nSPS) is 11.8. The molecule has 0 unspecified atom stereocenters. The Balaban J connectivity index is 2.23. The average Bonchev–Trinajstić information content (AvgIpc) is 2.77. The van der Waals surface area contributed by atoms with Crippen LogP contribution in [0.25, 0.3) is 10.6 Å². The number of hydrogen-bond donors (Lipinski definition) is 1. The van der Waals surface area contributed by atoms with Crippen LogP contribution in [-0.2, 0) is 12.0 Å². The molecule has 0 spiro atoms. The lowest BCUT2D eigenvalue weighted by molar-refractivity contribution is 0.590. The second-order valence-electron chi connectivity index (χ2n) is 5.36. The van der Waals surface area contributed by atoms with Crippen molar-refractivity contribution in [2.45, 2.75) is 32.7 Å². The topological polar surface area (TPSA) is 37.8 Å². The molecule has 96 valence electrons. The quantitative estimate of drug-likeness (QED) is 0.922. The monoisotopic (exact) mass is 261 g/mol. The first kappa shape index (κ1) is 13.2. The van der Waals surface area contributed by atoms with Crippen LogP contribution in [0.3, 0.4) is 0 Å². The van der Waals surface area contributed by atoms with Gasteiger partial charge in [0, 0.05) is 12.1 Å². The largest absolute Gasteiger partial charge is 0.313 e. The summed E-state index contributed by atoms with van der Waals surface area (Å²) in [6.07, 6.45) is 0. The summed E-state index contributed by atoms with van der Waals surface area (Å²) in [5, 5.41) is 13.5. The van der Waals surface area contributed by atoms with Gasteiger partial charge in [-0.15, -0.1) is 10.2 Å². The Bertz CT molecular complexity index is 509. The minimum atomic E-state index is 0.191. The van der Waals surface area contributed by atoms with Crippen molar-refractivity contribution in [1.29, 1.82) is 0 Å². The summed E-state index contributed by atoms with van der Waals surface area (Å²) in [6, 6.07) is 8.61. The van der Waals surface area contributed by atoms with Crippen molar-refractivity contribution in [3.05, 3.63) is 34.8 Å². The average molecular weight is 261 g/mol. The summed E-state index contributed by atoms with van der Waals surface area (Å²) in [5.41, 5.74) is 2.67. The van der Waals surface area contributed by atoms with Crippen LogP contribution in [0, 0.1) is 0 Å². The summed E-state index contributed by atoms with van der Waals surface area (Å²) in [4.78, 5) is 0. The van der Waals surface area contributed by atoms with Crippen molar-refractivity contribution >= 4 is 11.3 Å². The molecule has 1 aromatic carbocycles. The molecule has 0 saturated heterocycles. The van der Waals surface area contributed by atoms with Crippen LogP contribution >= 0.6 is 11.3 Å². The summed E-state index contributed by atoms with van der Waals surface area (Å²) < 4.78 is 0. The molecule has 0 fully saturated rings. The van der Waals surface area contributed by atoms with Crippen molar-refractivity contribution in [1.82, 2.24) is 15.5 Å². The second kappa shape index (κ2) is 5.16. The lowest BCUT2D eigenvalue weighted by Crippen LogP contribution is -2.10. The molecule has 2 aromatic rings. The van der Waals surface area contributed by atoms with Gasteiger partial charge < -0.3 is 5.32 Å². The summed E-state index contributed by atoms with van der Waals surface area (Å²) in [7, 11) is 1.92. The van der Waals surface area contributed by atoms with Crippen molar-refractivity contribution in [2.24, 2.45) is 0 Å². The van der Waals surface area contributed by atoms with Crippen molar-refractivity contribution in [2.75, 3.05) is 7.05 Å². The van der Waals surface area contributed by atoms with Gasteiger partial charge >= 0.3 is 0 Å². The highest BCUT2D eigenvalue weighted by Gasteiger charge is 2.13. The van der Waals surface area contributed by atoms with Gasteiger partial charge in [0.1, 0.15) is 10.0 Å². The van der Waals surface area contributed by atoms with E-state index in [4.69, 9.17) is 0 Å². The highest BCUT2D eigenvalue weighted by atomic mass is 32.1. The van der Waals surface area contributed by atoms with Gasteiger partial charge in [0.25, 0.3) is 0 Å². The van der Waals surface area contributed by atoms with Gasteiger partial charge in [0.05, 0.1) is 0 Å². The minimum absolute atomic E-state index is 0.191. The van der Waals surface area contributed by atoms with E-state index in [1.807, 2.05) is 7.05 Å². The van der Waals surface area contributed by atoms with E-state index in [1.54, 1.807) is 11.3 Å². The van der Waals surface area contributed by atoms with E-state index < -0.39 is 0 Å². The lowest BCUT2D eigenvalue weighted by Gasteiger charge is -2.18. The van der Waals surface area contributed by atoms with E-state index in [2.05, 4.69) is 60.6 Å². The highest BCUT2D eigenvalue weighted by Crippen LogP contribution is 2.27. The fourth-order valence-electron chi connectivity index (χ4n) is 1.71. The van der Waals surface area contributed by atoms with E-state index in [0.717, 1.165) is 22.1 Å². The molecule has 0 aliphatic rings. The highest BCUT2D eigenvalue weighted by molar-refractivity contribution is 7.14. The Kier molecular flexibility index (Phi) is 3.78. The zero-order valence-electron chi connectivity index (χ0n) is 11.3. The predicted octanol–water partition coefficient (Wildman–Crippen LogP) is 3.22. The lowest BCUT2D eigenvalue weighted by atomic mass is 9.87. The SMILES string of the molecule is CNCc1nnc(-c2ccc(C(C)(C)C)cc2)s1. The fraction of sp³-hybridized carbons (Fsp3) is 0.429. The first-order valence-electron chi connectivity index (χ1n) is 6.08. The number of aromatic nitrogens is 2. The van der Waals surface area contributed by atoms with Gasteiger partial charge in [0.15, 0.2) is 0 Å². The van der Waals surface area contributed by atoms with E-state index in [0.29, 0.717) is 0 Å². The molecular formula is C14H19N3S. The third kappa shape index (κ3) is 2.94. The van der Waals surface area contributed by atoms with Gasteiger partial charge in [-0.3, -0.25) is 0 Å². The molecule has 1 N–H and O–H groups in total. The van der Waals surface area contributed by atoms with E-state index >= 15 is 0 Å². The first-order chi connectivity index (χ1) is 8.50. The Morgan fingerprint density at radius 3 is 2.33 bits per heavy atom. The number of nitrogens with one attached hydrogen (secondary N) is 1. The van der Waals surface area contributed by atoms with Gasteiger partial charge in [-0.25, -0.2) is 0 Å². The maximum Gasteiger partial charge on any atom is 0.147 e. The zero-order chi connectivity index (χ0) is 13.2. The Hall–Kier alpha value is -1.26. The maximum atomic E-state index is 4.23. The molecule has 2 rings (SSSR count). The summed E-state index contributed by atoms with van der Waals surface area (Å²) in [6.45, 7) is 7.44. The van der Waals surface area contributed by atoms with Crippen LogP contribution in [0.1, 0.15) is 31.3 Å². The molecule has 1 heterocycles. The molecule has 0 atom stereocenters. The summed E-state index contributed by atoms with van der Waals surface area (Å²) in [5.74, 6) is 0.